The highest BCUT2D eigenvalue weighted by Gasteiger charge is 2.11. The minimum absolute atomic E-state index is 0.396. The quantitative estimate of drug-likeness (QED) is 0.727. The van der Waals surface area contributed by atoms with E-state index in [2.05, 4.69) is 6.92 Å². The van der Waals surface area contributed by atoms with Crippen molar-refractivity contribution in [2.24, 2.45) is 0 Å². The first kappa shape index (κ1) is 12.1. The Morgan fingerprint density at radius 2 is 2.00 bits per heavy atom. The predicted molar refractivity (Wildman–Crippen MR) is 62.1 cm³/mol. The summed E-state index contributed by atoms with van der Waals surface area (Å²) >= 11 is 0. The third kappa shape index (κ3) is 3.56. The Kier molecular flexibility index (Phi) is 5.19. The highest BCUT2D eigenvalue weighted by Crippen LogP contribution is 2.27. The molecule has 0 heterocycles. The summed E-state index contributed by atoms with van der Waals surface area (Å²) in [6.07, 6.45) is 3.84. The number of methoxy groups -OCH3 is 1. The Morgan fingerprint density at radius 3 is 2.67 bits per heavy atom. The van der Waals surface area contributed by atoms with E-state index in [0.29, 0.717) is 0 Å². The average Bonchev–Trinajstić information content (AvgIpc) is 2.29. The number of aliphatic hydroxyl groups is 1. The van der Waals surface area contributed by atoms with Crippen LogP contribution >= 0.6 is 0 Å². The minimum atomic E-state index is -0.396. The fraction of sp³-hybridized carbons (Fsp3) is 0.538. The van der Waals surface area contributed by atoms with E-state index in [9.17, 15) is 5.11 Å². The molecule has 1 rings (SSSR count). The average molecular weight is 208 g/mol. The van der Waals surface area contributed by atoms with Gasteiger partial charge in [0.25, 0.3) is 0 Å². The molecular formula is C13H20O2. The SMILES string of the molecule is CCCCCC(O)c1ccccc1OC. The molecule has 0 radical (unpaired) electrons. The number of unbranched alkanes of at least 4 members (excludes halogenated alkanes) is 2. The maximum Gasteiger partial charge on any atom is 0.124 e. The van der Waals surface area contributed by atoms with Gasteiger partial charge in [-0.3, -0.25) is 0 Å². The van der Waals surface area contributed by atoms with Gasteiger partial charge in [0.1, 0.15) is 5.75 Å². The van der Waals surface area contributed by atoms with Crippen molar-refractivity contribution in [3.63, 3.8) is 0 Å². The van der Waals surface area contributed by atoms with Gasteiger partial charge >= 0.3 is 0 Å². The third-order valence-electron chi connectivity index (χ3n) is 2.58. The molecule has 0 fully saturated rings. The Morgan fingerprint density at radius 1 is 1.27 bits per heavy atom. The molecule has 1 atom stereocenters. The summed E-state index contributed by atoms with van der Waals surface area (Å²) in [7, 11) is 1.64. The Hall–Kier alpha value is -1.02. The van der Waals surface area contributed by atoms with Crippen molar-refractivity contribution in [3.05, 3.63) is 29.8 Å². The summed E-state index contributed by atoms with van der Waals surface area (Å²) in [4.78, 5) is 0. The van der Waals surface area contributed by atoms with E-state index in [1.165, 1.54) is 12.8 Å². The van der Waals surface area contributed by atoms with Gasteiger partial charge in [-0.1, -0.05) is 44.4 Å². The van der Waals surface area contributed by atoms with Crippen molar-refractivity contribution in [1.29, 1.82) is 0 Å². The third-order valence-corrected chi connectivity index (χ3v) is 2.58. The van der Waals surface area contributed by atoms with E-state index in [1.54, 1.807) is 7.11 Å². The molecule has 15 heavy (non-hydrogen) atoms. The van der Waals surface area contributed by atoms with Crippen LogP contribution in [-0.4, -0.2) is 12.2 Å². The fourth-order valence-electron chi connectivity index (χ4n) is 1.68. The van der Waals surface area contributed by atoms with E-state index in [-0.39, 0.29) is 0 Å². The summed E-state index contributed by atoms with van der Waals surface area (Å²) < 4.78 is 5.21. The lowest BCUT2D eigenvalue weighted by molar-refractivity contribution is 0.159. The zero-order valence-electron chi connectivity index (χ0n) is 9.57. The zero-order chi connectivity index (χ0) is 11.1. The van der Waals surface area contributed by atoms with Gasteiger partial charge in [-0.25, -0.2) is 0 Å². The molecule has 1 aromatic rings. The normalized spacial score (nSPS) is 12.5. The number of hydrogen-bond acceptors (Lipinski definition) is 2. The summed E-state index contributed by atoms with van der Waals surface area (Å²) in [6.45, 7) is 2.16. The molecule has 84 valence electrons. The standard InChI is InChI=1S/C13H20O2/c1-3-4-5-9-12(14)11-8-6-7-10-13(11)15-2/h6-8,10,12,14H,3-5,9H2,1-2H3. The van der Waals surface area contributed by atoms with Crippen LogP contribution in [-0.2, 0) is 0 Å². The maximum atomic E-state index is 9.98. The van der Waals surface area contributed by atoms with E-state index in [4.69, 9.17) is 4.74 Å². The monoisotopic (exact) mass is 208 g/mol. The Bertz CT molecular complexity index is 284. The number of hydrogen-bond donors (Lipinski definition) is 1. The van der Waals surface area contributed by atoms with Crippen LogP contribution in [0, 0.1) is 0 Å². The summed E-state index contributed by atoms with van der Waals surface area (Å²) in [6, 6.07) is 7.66. The smallest absolute Gasteiger partial charge is 0.124 e. The van der Waals surface area contributed by atoms with Crippen LogP contribution in [0.5, 0.6) is 5.75 Å². The van der Waals surface area contributed by atoms with Crippen molar-refractivity contribution in [3.8, 4) is 5.75 Å². The second-order valence-electron chi connectivity index (χ2n) is 3.75. The molecule has 1 unspecified atom stereocenters. The van der Waals surface area contributed by atoms with Crippen LogP contribution in [0.3, 0.4) is 0 Å². The van der Waals surface area contributed by atoms with E-state index in [0.717, 1.165) is 24.2 Å². The molecule has 0 aromatic heterocycles. The topological polar surface area (TPSA) is 29.5 Å². The fourth-order valence-corrected chi connectivity index (χ4v) is 1.68. The van der Waals surface area contributed by atoms with E-state index < -0.39 is 6.10 Å². The molecule has 0 saturated carbocycles. The van der Waals surface area contributed by atoms with Gasteiger partial charge in [-0.2, -0.15) is 0 Å². The first-order valence-corrected chi connectivity index (χ1v) is 5.60. The summed E-state index contributed by atoms with van der Waals surface area (Å²) in [5.74, 6) is 0.779. The van der Waals surface area contributed by atoms with Gasteiger partial charge in [0, 0.05) is 5.56 Å². The van der Waals surface area contributed by atoms with Gasteiger partial charge in [-0.15, -0.1) is 0 Å². The Balaban J connectivity index is 2.59. The van der Waals surface area contributed by atoms with Gasteiger partial charge in [0.2, 0.25) is 0 Å². The van der Waals surface area contributed by atoms with Crippen molar-refractivity contribution in [1.82, 2.24) is 0 Å². The molecule has 1 N–H and O–H groups in total. The Labute approximate surface area is 91.9 Å². The molecule has 1 aromatic carbocycles. The summed E-state index contributed by atoms with van der Waals surface area (Å²) in [5.41, 5.74) is 0.899. The second kappa shape index (κ2) is 6.46. The molecule has 0 amide bonds. The molecule has 0 aliphatic carbocycles. The van der Waals surface area contributed by atoms with Gasteiger partial charge in [-0.05, 0) is 12.5 Å². The van der Waals surface area contributed by atoms with Crippen LogP contribution < -0.4 is 4.74 Å². The molecule has 0 saturated heterocycles. The lowest BCUT2D eigenvalue weighted by Gasteiger charge is -2.14. The molecule has 2 heteroatoms. The van der Waals surface area contributed by atoms with Gasteiger partial charge in [0.15, 0.2) is 0 Å². The van der Waals surface area contributed by atoms with Crippen LogP contribution in [0.15, 0.2) is 24.3 Å². The predicted octanol–water partition coefficient (Wildman–Crippen LogP) is 3.31. The minimum Gasteiger partial charge on any atom is -0.496 e. The van der Waals surface area contributed by atoms with E-state index >= 15 is 0 Å². The van der Waals surface area contributed by atoms with E-state index in [1.807, 2.05) is 24.3 Å². The lowest BCUT2D eigenvalue weighted by atomic mass is 10.0. The molecule has 2 nitrogen and oxygen atoms in total. The highest BCUT2D eigenvalue weighted by atomic mass is 16.5. The first-order valence-electron chi connectivity index (χ1n) is 5.60. The molecule has 0 bridgehead atoms. The first-order chi connectivity index (χ1) is 7.29. The van der Waals surface area contributed by atoms with Crippen LogP contribution in [0.2, 0.25) is 0 Å². The van der Waals surface area contributed by atoms with Crippen molar-refractivity contribution in [2.75, 3.05) is 7.11 Å². The molecule has 0 aliphatic rings. The molecule has 0 spiro atoms. The molecular weight excluding hydrogens is 188 g/mol. The summed E-state index contributed by atoms with van der Waals surface area (Å²) in [5, 5.41) is 9.98. The largest absolute Gasteiger partial charge is 0.496 e. The van der Waals surface area contributed by atoms with Crippen molar-refractivity contribution < 1.29 is 9.84 Å². The number of ether oxygens (including phenoxy) is 1. The molecule has 0 aliphatic heterocycles. The zero-order valence-corrected chi connectivity index (χ0v) is 9.57. The second-order valence-corrected chi connectivity index (χ2v) is 3.75. The number of para-hydroxylation sites is 1. The van der Waals surface area contributed by atoms with Gasteiger partial charge in [0.05, 0.1) is 13.2 Å². The van der Waals surface area contributed by atoms with Gasteiger partial charge < -0.3 is 9.84 Å². The maximum absolute atomic E-state index is 9.98. The van der Waals surface area contributed by atoms with Crippen LogP contribution in [0.4, 0.5) is 0 Å². The number of rotatable bonds is 6. The van der Waals surface area contributed by atoms with Crippen LogP contribution in [0.1, 0.15) is 44.3 Å². The van der Waals surface area contributed by atoms with Crippen molar-refractivity contribution in [2.45, 2.75) is 38.7 Å². The number of benzene rings is 1. The van der Waals surface area contributed by atoms with Crippen LogP contribution in [0.25, 0.3) is 0 Å². The lowest BCUT2D eigenvalue weighted by Crippen LogP contribution is -2.00. The number of aliphatic hydroxyl groups excluding tert-OH is 1. The van der Waals surface area contributed by atoms with Crippen molar-refractivity contribution >= 4 is 0 Å². The highest BCUT2D eigenvalue weighted by molar-refractivity contribution is 5.34.